The number of nitrogens with zero attached hydrogens (tertiary/aromatic N) is 1. The Bertz CT molecular complexity index is 672. The topological polar surface area (TPSA) is 49.8 Å². The second-order valence-electron chi connectivity index (χ2n) is 4.44. The van der Waals surface area contributed by atoms with Gasteiger partial charge in [0.25, 0.3) is 5.91 Å². The number of para-hydroxylation sites is 2. The van der Waals surface area contributed by atoms with Crippen LogP contribution in [0.4, 0.5) is 5.69 Å². The largest absolute Gasteiger partial charge is 0.507 e. The lowest BCUT2D eigenvalue weighted by Gasteiger charge is -2.29. The molecule has 0 bridgehead atoms. The Hall–Kier alpha value is -2.01. The maximum Gasteiger partial charge on any atom is 0.258 e. The molecule has 0 saturated carbocycles. The van der Waals surface area contributed by atoms with Crippen molar-refractivity contribution in [1.82, 2.24) is 0 Å². The van der Waals surface area contributed by atoms with Crippen molar-refractivity contribution in [3.63, 3.8) is 0 Å². The van der Waals surface area contributed by atoms with Crippen molar-refractivity contribution in [3.8, 4) is 11.5 Å². The minimum atomic E-state index is -0.110. The van der Waals surface area contributed by atoms with Gasteiger partial charge in [-0.25, -0.2) is 0 Å². The van der Waals surface area contributed by atoms with Crippen LogP contribution in [0.2, 0.25) is 0 Å². The van der Waals surface area contributed by atoms with Crippen LogP contribution >= 0.6 is 15.9 Å². The normalized spacial score (nSPS) is 13.6. The smallest absolute Gasteiger partial charge is 0.258 e. The lowest BCUT2D eigenvalue weighted by atomic mass is 10.1. The molecular weight excluding hydrogens is 322 g/mol. The van der Waals surface area contributed by atoms with E-state index in [4.69, 9.17) is 4.74 Å². The minimum absolute atomic E-state index is 0.110. The van der Waals surface area contributed by atoms with Gasteiger partial charge in [-0.1, -0.05) is 12.1 Å². The maximum atomic E-state index is 12.6. The SMILES string of the molecule is O=C(c1ccc(O)c(Br)c1)N1CCOc2ccccc21. The molecule has 1 aliphatic heterocycles. The molecule has 1 heterocycles. The Labute approximate surface area is 124 Å². The quantitative estimate of drug-likeness (QED) is 0.871. The number of hydrogen-bond acceptors (Lipinski definition) is 3. The minimum Gasteiger partial charge on any atom is -0.507 e. The Morgan fingerprint density at radius 3 is 2.85 bits per heavy atom. The van der Waals surface area contributed by atoms with E-state index in [2.05, 4.69) is 15.9 Å². The third-order valence-corrected chi connectivity index (χ3v) is 3.80. The molecule has 102 valence electrons. The van der Waals surface area contributed by atoms with E-state index >= 15 is 0 Å². The summed E-state index contributed by atoms with van der Waals surface area (Å²) in [6, 6.07) is 12.2. The van der Waals surface area contributed by atoms with Crippen LogP contribution in [0.25, 0.3) is 0 Å². The molecule has 2 aromatic rings. The van der Waals surface area contributed by atoms with E-state index in [1.54, 1.807) is 17.0 Å². The van der Waals surface area contributed by atoms with Crippen LogP contribution < -0.4 is 9.64 Å². The van der Waals surface area contributed by atoms with E-state index in [9.17, 15) is 9.90 Å². The number of hydrogen-bond donors (Lipinski definition) is 1. The van der Waals surface area contributed by atoms with Crippen molar-refractivity contribution in [2.24, 2.45) is 0 Å². The third-order valence-electron chi connectivity index (χ3n) is 3.17. The highest BCUT2D eigenvalue weighted by molar-refractivity contribution is 9.10. The van der Waals surface area contributed by atoms with Gasteiger partial charge in [0, 0.05) is 5.56 Å². The molecule has 0 saturated heterocycles. The molecule has 0 radical (unpaired) electrons. The Balaban J connectivity index is 1.97. The van der Waals surface area contributed by atoms with E-state index in [0.29, 0.717) is 28.9 Å². The third kappa shape index (κ3) is 2.25. The zero-order valence-electron chi connectivity index (χ0n) is 10.5. The fraction of sp³-hybridized carbons (Fsp3) is 0.133. The van der Waals surface area contributed by atoms with Crippen LogP contribution in [0, 0.1) is 0 Å². The van der Waals surface area contributed by atoms with E-state index < -0.39 is 0 Å². The number of benzene rings is 2. The molecule has 20 heavy (non-hydrogen) atoms. The van der Waals surface area contributed by atoms with Crippen LogP contribution in [-0.2, 0) is 0 Å². The number of anilines is 1. The number of aromatic hydroxyl groups is 1. The Morgan fingerprint density at radius 2 is 2.05 bits per heavy atom. The van der Waals surface area contributed by atoms with Crippen molar-refractivity contribution in [2.45, 2.75) is 0 Å². The molecule has 3 rings (SSSR count). The van der Waals surface area contributed by atoms with Crippen molar-refractivity contribution in [2.75, 3.05) is 18.1 Å². The number of amides is 1. The second kappa shape index (κ2) is 5.17. The molecule has 4 nitrogen and oxygen atoms in total. The first-order valence-electron chi connectivity index (χ1n) is 6.19. The van der Waals surface area contributed by atoms with Gasteiger partial charge < -0.3 is 14.7 Å². The molecule has 0 spiro atoms. The summed E-state index contributed by atoms with van der Waals surface area (Å²) in [6.07, 6.45) is 0. The predicted octanol–water partition coefficient (Wildman–Crippen LogP) is 3.19. The van der Waals surface area contributed by atoms with Gasteiger partial charge in [0.05, 0.1) is 16.7 Å². The highest BCUT2D eigenvalue weighted by Gasteiger charge is 2.24. The molecule has 0 atom stereocenters. The van der Waals surface area contributed by atoms with Crippen molar-refractivity contribution in [3.05, 3.63) is 52.5 Å². The second-order valence-corrected chi connectivity index (χ2v) is 5.29. The molecule has 1 amide bonds. The van der Waals surface area contributed by atoms with Gasteiger partial charge in [0.2, 0.25) is 0 Å². The highest BCUT2D eigenvalue weighted by Crippen LogP contribution is 2.33. The average Bonchev–Trinajstić information content (AvgIpc) is 2.49. The number of carbonyl (C=O) groups is 1. The Kier molecular flexibility index (Phi) is 3.36. The Morgan fingerprint density at radius 1 is 1.25 bits per heavy atom. The number of ether oxygens (including phenoxy) is 1. The summed E-state index contributed by atoms with van der Waals surface area (Å²) in [6.45, 7) is 0.982. The molecule has 2 aromatic carbocycles. The molecule has 5 heteroatoms. The average molecular weight is 334 g/mol. The number of phenolic OH excluding ortho intramolecular Hbond substituents is 1. The number of rotatable bonds is 1. The fourth-order valence-electron chi connectivity index (χ4n) is 2.18. The summed E-state index contributed by atoms with van der Waals surface area (Å²) in [7, 11) is 0. The lowest BCUT2D eigenvalue weighted by molar-refractivity contribution is 0.0976. The summed E-state index contributed by atoms with van der Waals surface area (Å²) in [5.74, 6) is 0.718. The maximum absolute atomic E-state index is 12.6. The molecule has 0 unspecified atom stereocenters. The van der Waals surface area contributed by atoms with Crippen LogP contribution in [-0.4, -0.2) is 24.2 Å². The van der Waals surface area contributed by atoms with Gasteiger partial charge in [0.1, 0.15) is 18.1 Å². The number of phenols is 1. The van der Waals surface area contributed by atoms with Crippen LogP contribution in [0.3, 0.4) is 0 Å². The summed E-state index contributed by atoms with van der Waals surface area (Å²) in [5.41, 5.74) is 1.29. The van der Waals surface area contributed by atoms with E-state index in [1.165, 1.54) is 6.07 Å². The van der Waals surface area contributed by atoms with Gasteiger partial charge in [-0.15, -0.1) is 0 Å². The van der Waals surface area contributed by atoms with Gasteiger partial charge in [-0.3, -0.25) is 4.79 Å². The summed E-state index contributed by atoms with van der Waals surface area (Å²) in [4.78, 5) is 14.3. The highest BCUT2D eigenvalue weighted by atomic mass is 79.9. The zero-order valence-corrected chi connectivity index (χ0v) is 12.1. The van der Waals surface area contributed by atoms with Crippen LogP contribution in [0.15, 0.2) is 46.9 Å². The molecule has 0 aromatic heterocycles. The summed E-state index contributed by atoms with van der Waals surface area (Å²) >= 11 is 3.22. The van der Waals surface area contributed by atoms with E-state index in [-0.39, 0.29) is 11.7 Å². The van der Waals surface area contributed by atoms with E-state index in [1.807, 2.05) is 24.3 Å². The molecule has 1 aliphatic rings. The van der Waals surface area contributed by atoms with Gasteiger partial charge in [0.15, 0.2) is 0 Å². The summed E-state index contributed by atoms with van der Waals surface area (Å²) < 4.78 is 6.04. The molecule has 1 N–H and O–H groups in total. The number of fused-ring (bicyclic) bond motifs is 1. The standard InChI is InChI=1S/C15H12BrNO3/c16-11-9-10(5-6-13(11)18)15(19)17-7-8-20-14-4-2-1-3-12(14)17/h1-6,9,18H,7-8H2. The van der Waals surface area contributed by atoms with Crippen LogP contribution in [0.5, 0.6) is 11.5 Å². The van der Waals surface area contributed by atoms with Gasteiger partial charge >= 0.3 is 0 Å². The fourth-order valence-corrected chi connectivity index (χ4v) is 2.56. The first-order chi connectivity index (χ1) is 9.66. The molecule has 0 fully saturated rings. The van der Waals surface area contributed by atoms with Crippen LogP contribution in [0.1, 0.15) is 10.4 Å². The number of halogens is 1. The lowest BCUT2D eigenvalue weighted by Crippen LogP contribution is -2.37. The van der Waals surface area contributed by atoms with Gasteiger partial charge in [-0.2, -0.15) is 0 Å². The van der Waals surface area contributed by atoms with Gasteiger partial charge in [-0.05, 0) is 46.3 Å². The molecule has 0 aliphatic carbocycles. The summed E-state index contributed by atoms with van der Waals surface area (Å²) in [5, 5.41) is 9.50. The first-order valence-corrected chi connectivity index (χ1v) is 6.98. The monoisotopic (exact) mass is 333 g/mol. The molecular formula is C15H12BrNO3. The van der Waals surface area contributed by atoms with Crippen molar-refractivity contribution >= 4 is 27.5 Å². The zero-order chi connectivity index (χ0) is 14.1. The predicted molar refractivity (Wildman–Crippen MR) is 79.4 cm³/mol. The van der Waals surface area contributed by atoms with Crippen molar-refractivity contribution in [1.29, 1.82) is 0 Å². The van der Waals surface area contributed by atoms with Crippen molar-refractivity contribution < 1.29 is 14.6 Å². The van der Waals surface area contributed by atoms with E-state index in [0.717, 1.165) is 5.69 Å². The first kappa shape index (κ1) is 13.0. The number of carbonyl (C=O) groups excluding carboxylic acids is 1.